The maximum Gasteiger partial charge on any atom is 0.205 e. The number of fused-ring (bicyclic) bond motifs is 1. The fourth-order valence-corrected chi connectivity index (χ4v) is 2.36. The van der Waals surface area contributed by atoms with Crippen LogP contribution in [0.5, 0.6) is 0 Å². The van der Waals surface area contributed by atoms with E-state index in [1.165, 1.54) is 12.1 Å². The summed E-state index contributed by atoms with van der Waals surface area (Å²) in [5, 5.41) is 9.34. The number of anilines is 1. The zero-order chi connectivity index (χ0) is 14.3. The summed E-state index contributed by atoms with van der Waals surface area (Å²) in [5.74, 6) is -0.297. The smallest absolute Gasteiger partial charge is 0.205 e. The van der Waals surface area contributed by atoms with Gasteiger partial charge in [0.15, 0.2) is 0 Å². The van der Waals surface area contributed by atoms with Crippen molar-refractivity contribution >= 4 is 28.6 Å². The third kappa shape index (κ3) is 1.87. The van der Waals surface area contributed by atoms with E-state index in [1.807, 2.05) is 0 Å². The summed E-state index contributed by atoms with van der Waals surface area (Å²) in [5.41, 5.74) is 7.87. The zero-order valence-electron chi connectivity index (χ0n) is 10.1. The highest BCUT2D eigenvalue weighted by atomic mass is 35.5. The van der Waals surface area contributed by atoms with Crippen molar-refractivity contribution in [3.05, 3.63) is 52.8 Å². The van der Waals surface area contributed by atoms with E-state index in [2.05, 4.69) is 11.1 Å². The molecule has 0 bridgehead atoms. The highest BCUT2D eigenvalue weighted by molar-refractivity contribution is 6.30. The van der Waals surface area contributed by atoms with Gasteiger partial charge in [0, 0.05) is 5.02 Å². The Morgan fingerprint density at radius 3 is 2.80 bits per heavy atom. The SMILES string of the molecule is N#Cc1cccc2c1nc(N)n2-c1cc(F)cc(Cl)c1. The van der Waals surface area contributed by atoms with Gasteiger partial charge in [-0.3, -0.25) is 4.57 Å². The molecule has 0 fully saturated rings. The lowest BCUT2D eigenvalue weighted by Gasteiger charge is -2.07. The average molecular weight is 287 g/mol. The number of nitrogen functional groups attached to an aromatic ring is 1. The van der Waals surface area contributed by atoms with Gasteiger partial charge in [0.05, 0.1) is 16.8 Å². The van der Waals surface area contributed by atoms with Gasteiger partial charge in [-0.05, 0) is 30.3 Å². The number of nitriles is 1. The molecule has 0 saturated carbocycles. The van der Waals surface area contributed by atoms with Crippen molar-refractivity contribution < 1.29 is 4.39 Å². The van der Waals surface area contributed by atoms with E-state index in [4.69, 9.17) is 22.6 Å². The molecular formula is C14H8ClFN4. The lowest BCUT2D eigenvalue weighted by molar-refractivity contribution is 0.627. The van der Waals surface area contributed by atoms with Crippen LogP contribution >= 0.6 is 11.6 Å². The molecule has 0 aliphatic carbocycles. The number of nitrogens with two attached hydrogens (primary N) is 1. The largest absolute Gasteiger partial charge is 0.369 e. The van der Waals surface area contributed by atoms with Crippen LogP contribution < -0.4 is 5.73 Å². The third-order valence-corrected chi connectivity index (χ3v) is 3.16. The number of hydrogen-bond donors (Lipinski definition) is 1. The molecule has 0 unspecified atom stereocenters. The summed E-state index contributed by atoms with van der Waals surface area (Å²) in [4.78, 5) is 4.17. The second kappa shape index (κ2) is 4.51. The van der Waals surface area contributed by atoms with Crippen molar-refractivity contribution in [1.29, 1.82) is 5.26 Å². The number of imidazole rings is 1. The van der Waals surface area contributed by atoms with E-state index >= 15 is 0 Å². The Kier molecular flexibility index (Phi) is 2.81. The van der Waals surface area contributed by atoms with Gasteiger partial charge >= 0.3 is 0 Å². The molecule has 0 atom stereocenters. The van der Waals surface area contributed by atoms with Crippen molar-refractivity contribution in [3.63, 3.8) is 0 Å². The van der Waals surface area contributed by atoms with Crippen molar-refractivity contribution in [2.24, 2.45) is 0 Å². The molecule has 2 N–H and O–H groups in total. The monoisotopic (exact) mass is 286 g/mol. The second-order valence-electron chi connectivity index (χ2n) is 4.22. The van der Waals surface area contributed by atoms with Crippen molar-refractivity contribution in [2.75, 3.05) is 5.73 Å². The summed E-state index contributed by atoms with van der Waals surface area (Å²) in [6.07, 6.45) is 0. The second-order valence-corrected chi connectivity index (χ2v) is 4.65. The van der Waals surface area contributed by atoms with Gasteiger partial charge in [-0.2, -0.15) is 5.26 Å². The van der Waals surface area contributed by atoms with Crippen LogP contribution in [-0.4, -0.2) is 9.55 Å². The summed E-state index contributed by atoms with van der Waals surface area (Å²) < 4.78 is 15.0. The Balaban J connectivity index is 2.37. The van der Waals surface area contributed by atoms with Crippen LogP contribution in [0.2, 0.25) is 5.02 Å². The van der Waals surface area contributed by atoms with E-state index in [1.54, 1.807) is 28.8 Å². The molecule has 98 valence electrons. The summed E-state index contributed by atoms with van der Waals surface area (Å²) in [7, 11) is 0. The minimum Gasteiger partial charge on any atom is -0.369 e. The van der Waals surface area contributed by atoms with Gasteiger partial charge < -0.3 is 5.73 Å². The van der Waals surface area contributed by atoms with E-state index < -0.39 is 5.82 Å². The van der Waals surface area contributed by atoms with Crippen LogP contribution in [-0.2, 0) is 0 Å². The molecule has 0 aliphatic heterocycles. The fraction of sp³-hybridized carbons (Fsp3) is 0. The average Bonchev–Trinajstić information content (AvgIpc) is 2.73. The van der Waals surface area contributed by atoms with E-state index in [0.717, 1.165) is 0 Å². The molecule has 20 heavy (non-hydrogen) atoms. The predicted octanol–water partition coefficient (Wildman–Crippen LogP) is 3.27. The van der Waals surface area contributed by atoms with Crippen LogP contribution in [0.3, 0.4) is 0 Å². The third-order valence-electron chi connectivity index (χ3n) is 2.94. The van der Waals surface area contributed by atoms with E-state index in [9.17, 15) is 4.39 Å². The van der Waals surface area contributed by atoms with Crippen LogP contribution in [0.4, 0.5) is 10.3 Å². The minimum atomic E-state index is -0.467. The normalized spacial score (nSPS) is 10.7. The minimum absolute atomic E-state index is 0.171. The molecule has 3 rings (SSSR count). The Bertz CT molecular complexity index is 843. The standard InChI is InChI=1S/C14H8ClFN4/c15-9-4-10(16)6-11(5-9)20-12-3-1-2-8(7-17)13(12)19-14(20)18/h1-6H,(H2,18,19). The van der Waals surface area contributed by atoms with Gasteiger partial charge in [-0.25, -0.2) is 9.37 Å². The molecule has 2 aromatic carbocycles. The Morgan fingerprint density at radius 2 is 2.10 bits per heavy atom. The molecule has 0 amide bonds. The molecule has 6 heteroatoms. The first-order chi connectivity index (χ1) is 9.60. The lowest BCUT2D eigenvalue weighted by Crippen LogP contribution is -2.01. The number of hydrogen-bond acceptors (Lipinski definition) is 3. The van der Waals surface area contributed by atoms with Crippen molar-refractivity contribution in [3.8, 4) is 11.8 Å². The molecule has 1 aromatic heterocycles. The first-order valence-corrected chi connectivity index (χ1v) is 6.11. The maximum absolute atomic E-state index is 13.5. The highest BCUT2D eigenvalue weighted by Crippen LogP contribution is 2.27. The van der Waals surface area contributed by atoms with Crippen molar-refractivity contribution in [1.82, 2.24) is 9.55 Å². The topological polar surface area (TPSA) is 67.6 Å². The Morgan fingerprint density at radius 1 is 1.30 bits per heavy atom. The summed E-state index contributed by atoms with van der Waals surface area (Å²) in [6, 6.07) is 11.3. The molecule has 1 heterocycles. The Hall–Kier alpha value is -2.58. The van der Waals surface area contributed by atoms with Gasteiger partial charge in [-0.15, -0.1) is 0 Å². The first kappa shape index (κ1) is 12.5. The molecule has 0 saturated heterocycles. The van der Waals surface area contributed by atoms with Crippen LogP contribution in [0.15, 0.2) is 36.4 Å². The summed E-state index contributed by atoms with van der Waals surface area (Å²) in [6.45, 7) is 0. The predicted molar refractivity (Wildman–Crippen MR) is 75.2 cm³/mol. The molecule has 0 aliphatic rings. The number of benzene rings is 2. The van der Waals surface area contributed by atoms with Crippen molar-refractivity contribution in [2.45, 2.75) is 0 Å². The zero-order valence-corrected chi connectivity index (χ0v) is 10.9. The lowest BCUT2D eigenvalue weighted by atomic mass is 10.2. The number of halogens is 2. The quantitative estimate of drug-likeness (QED) is 0.746. The number of aromatic nitrogens is 2. The molecule has 3 aromatic rings. The summed E-state index contributed by atoms with van der Waals surface area (Å²) >= 11 is 5.86. The molecule has 0 spiro atoms. The molecular weight excluding hydrogens is 279 g/mol. The van der Waals surface area contributed by atoms with Crippen LogP contribution in [0, 0.1) is 17.1 Å². The number of rotatable bonds is 1. The Labute approximate surface area is 118 Å². The van der Waals surface area contributed by atoms with E-state index in [0.29, 0.717) is 22.3 Å². The fourth-order valence-electron chi connectivity index (χ4n) is 2.15. The van der Waals surface area contributed by atoms with Gasteiger partial charge in [-0.1, -0.05) is 17.7 Å². The highest BCUT2D eigenvalue weighted by Gasteiger charge is 2.13. The number of nitrogens with zero attached hydrogens (tertiary/aromatic N) is 3. The number of para-hydroxylation sites is 1. The maximum atomic E-state index is 13.5. The first-order valence-electron chi connectivity index (χ1n) is 5.73. The molecule has 4 nitrogen and oxygen atoms in total. The van der Waals surface area contributed by atoms with Gasteiger partial charge in [0.2, 0.25) is 5.95 Å². The van der Waals surface area contributed by atoms with Crippen LogP contribution in [0.1, 0.15) is 5.56 Å². The van der Waals surface area contributed by atoms with E-state index in [-0.39, 0.29) is 11.0 Å². The van der Waals surface area contributed by atoms with Gasteiger partial charge in [0.1, 0.15) is 17.4 Å². The van der Waals surface area contributed by atoms with Gasteiger partial charge in [0.25, 0.3) is 0 Å². The van der Waals surface area contributed by atoms with Crippen LogP contribution in [0.25, 0.3) is 16.7 Å². The molecule has 0 radical (unpaired) electrons.